The molecule has 0 amide bonds. The number of carbonyl (C=O) groups is 2. The molecule has 0 saturated heterocycles. The van der Waals surface area contributed by atoms with Crippen molar-refractivity contribution in [3.8, 4) is 0 Å². The summed E-state index contributed by atoms with van der Waals surface area (Å²) in [6, 6.07) is 0. The molecule has 170 valence electrons. The molecule has 0 heterocycles. The number of carboxylic acid groups (broad SMARTS) is 1. The molecule has 0 aromatic heterocycles. The first-order chi connectivity index (χ1) is 14.1. The zero-order chi connectivity index (χ0) is 21.8. The van der Waals surface area contributed by atoms with Crippen molar-refractivity contribution in [1.82, 2.24) is 0 Å². The van der Waals surface area contributed by atoms with Crippen molar-refractivity contribution >= 4 is 11.8 Å². The van der Waals surface area contributed by atoms with E-state index in [1.54, 1.807) is 0 Å². The number of aliphatic hydroxyl groups excluding tert-OH is 1. The molecule has 4 saturated carbocycles. The molecule has 4 rings (SSSR count). The second-order valence-electron chi connectivity index (χ2n) is 11.8. The van der Waals surface area contributed by atoms with E-state index in [1.165, 1.54) is 6.42 Å². The molecule has 30 heavy (non-hydrogen) atoms. The first-order valence-electron chi connectivity index (χ1n) is 12.6. The summed E-state index contributed by atoms with van der Waals surface area (Å²) in [6.45, 7) is 9.28. The predicted molar refractivity (Wildman–Crippen MR) is 117 cm³/mol. The van der Waals surface area contributed by atoms with Gasteiger partial charge >= 0.3 is 5.97 Å². The number of rotatable bonds is 5. The van der Waals surface area contributed by atoms with Crippen molar-refractivity contribution in [2.24, 2.45) is 52.3 Å². The van der Waals surface area contributed by atoms with E-state index in [-0.39, 0.29) is 35.2 Å². The van der Waals surface area contributed by atoms with Gasteiger partial charge in [0.25, 0.3) is 0 Å². The highest BCUT2D eigenvalue weighted by Crippen LogP contribution is 2.68. The summed E-state index contributed by atoms with van der Waals surface area (Å²) >= 11 is 0. The normalized spacial score (nSPS) is 49.1. The van der Waals surface area contributed by atoms with E-state index in [1.807, 2.05) is 0 Å². The molecule has 0 spiro atoms. The lowest BCUT2D eigenvalue weighted by Gasteiger charge is -2.62. The topological polar surface area (TPSA) is 74.6 Å². The Bertz CT molecular complexity index is 689. The van der Waals surface area contributed by atoms with Crippen LogP contribution < -0.4 is 0 Å². The average Bonchev–Trinajstić information content (AvgIpc) is 3.05. The number of fused-ring (bicyclic) bond motifs is 5. The number of Topliss-reactive ketones (excluding diaryl/α,β-unsaturated/α-hetero) is 1. The lowest BCUT2D eigenvalue weighted by atomic mass is 9.42. The molecule has 0 aromatic rings. The van der Waals surface area contributed by atoms with Gasteiger partial charge in [-0.15, -0.1) is 0 Å². The summed E-state index contributed by atoms with van der Waals surface area (Å²) in [5.41, 5.74) is 0.358. The molecule has 5 unspecified atom stereocenters. The Hall–Kier alpha value is -0.900. The molecule has 0 aliphatic heterocycles. The van der Waals surface area contributed by atoms with Crippen LogP contribution in [0.15, 0.2) is 0 Å². The third-order valence-corrected chi connectivity index (χ3v) is 10.7. The second kappa shape index (κ2) is 7.90. The molecule has 4 nitrogen and oxygen atoms in total. The van der Waals surface area contributed by atoms with Crippen LogP contribution in [0.1, 0.15) is 91.9 Å². The van der Waals surface area contributed by atoms with E-state index in [4.69, 9.17) is 5.11 Å². The van der Waals surface area contributed by atoms with E-state index in [2.05, 4.69) is 27.7 Å². The second-order valence-corrected chi connectivity index (χ2v) is 11.8. The third-order valence-electron chi connectivity index (χ3n) is 10.7. The number of ketones is 1. The molecule has 10 atom stereocenters. The summed E-state index contributed by atoms with van der Waals surface area (Å²) in [5.74, 6) is 2.31. The molecule has 4 fully saturated rings. The van der Waals surface area contributed by atoms with Crippen LogP contribution in [-0.4, -0.2) is 28.1 Å². The minimum absolute atomic E-state index is 0.108. The minimum atomic E-state index is -0.697. The monoisotopic (exact) mass is 418 g/mol. The van der Waals surface area contributed by atoms with Crippen molar-refractivity contribution < 1.29 is 19.8 Å². The molecular formula is C26H42O4. The van der Waals surface area contributed by atoms with E-state index in [0.717, 1.165) is 51.4 Å². The largest absolute Gasteiger partial charge is 0.481 e. The highest BCUT2D eigenvalue weighted by molar-refractivity contribution is 5.86. The number of aliphatic hydroxyl groups is 1. The number of carbonyl (C=O) groups excluding carboxylic acids is 1. The first kappa shape index (κ1) is 22.3. The Morgan fingerprint density at radius 2 is 1.73 bits per heavy atom. The van der Waals surface area contributed by atoms with E-state index >= 15 is 0 Å². The highest BCUT2D eigenvalue weighted by Gasteiger charge is 2.65. The lowest BCUT2D eigenvalue weighted by Crippen LogP contribution is -2.60. The first-order valence-corrected chi connectivity index (χ1v) is 12.6. The molecule has 2 N–H and O–H groups in total. The van der Waals surface area contributed by atoms with Gasteiger partial charge in [0, 0.05) is 18.3 Å². The molecule has 4 aliphatic carbocycles. The Morgan fingerprint density at radius 3 is 2.40 bits per heavy atom. The number of carboxylic acids is 1. The Balaban J connectivity index is 1.62. The number of hydrogen-bond acceptors (Lipinski definition) is 3. The standard InChI is InChI=1S/C26H42O4/c1-5-17-21-14-16(27)10-12-26(21,4)20-11-13-25(3)18(15(2)6-9-22(28)29)7-8-19(25)23(20)24(17)30/h15-21,23,27H,5-14H2,1-4H3,(H,28,29)/t15-,16-,17?,18-,19?,20?,21?,23?,25-,26-/m1/s1. The predicted octanol–water partition coefficient (Wildman–Crippen LogP) is 5.32. The van der Waals surface area contributed by atoms with Gasteiger partial charge in [-0.05, 0) is 98.2 Å². The molecular weight excluding hydrogens is 376 g/mol. The summed E-state index contributed by atoms with van der Waals surface area (Å²) in [7, 11) is 0. The third kappa shape index (κ3) is 3.27. The van der Waals surface area contributed by atoms with E-state index in [9.17, 15) is 14.7 Å². The highest BCUT2D eigenvalue weighted by atomic mass is 16.4. The van der Waals surface area contributed by atoms with Crippen LogP contribution in [-0.2, 0) is 9.59 Å². The van der Waals surface area contributed by atoms with Gasteiger partial charge in [0.1, 0.15) is 5.78 Å². The SMILES string of the molecule is CCC1C(=O)C2C(CC[C@@]3(C)C2CC[C@@H]3[C@H](C)CCC(=O)O)[C@@]2(C)CC[C@@H](O)CC12. The van der Waals surface area contributed by atoms with Gasteiger partial charge in [-0.25, -0.2) is 0 Å². The maximum atomic E-state index is 13.9. The molecule has 0 bridgehead atoms. The zero-order valence-electron chi connectivity index (χ0n) is 19.4. The van der Waals surface area contributed by atoms with E-state index < -0.39 is 5.97 Å². The van der Waals surface area contributed by atoms with Gasteiger partial charge < -0.3 is 10.2 Å². The van der Waals surface area contributed by atoms with E-state index in [0.29, 0.717) is 35.4 Å². The minimum Gasteiger partial charge on any atom is -0.481 e. The Labute approximate surface area is 182 Å². The smallest absolute Gasteiger partial charge is 0.303 e. The summed E-state index contributed by atoms with van der Waals surface area (Å²) in [6.07, 6.45) is 9.01. The van der Waals surface area contributed by atoms with Gasteiger partial charge in [0.15, 0.2) is 0 Å². The fourth-order valence-corrected chi connectivity index (χ4v) is 9.16. The quantitative estimate of drug-likeness (QED) is 0.633. The van der Waals surface area contributed by atoms with Crippen molar-refractivity contribution in [3.63, 3.8) is 0 Å². The van der Waals surface area contributed by atoms with Gasteiger partial charge in [0.2, 0.25) is 0 Å². The lowest BCUT2D eigenvalue weighted by molar-refractivity contribution is -0.173. The van der Waals surface area contributed by atoms with Crippen molar-refractivity contribution in [2.75, 3.05) is 0 Å². The summed E-state index contributed by atoms with van der Waals surface area (Å²) in [4.78, 5) is 25.0. The fraction of sp³-hybridized carbons (Fsp3) is 0.923. The van der Waals surface area contributed by atoms with Crippen LogP contribution in [0.25, 0.3) is 0 Å². The Kier molecular flexibility index (Phi) is 5.87. The molecule has 4 aliphatic rings. The van der Waals surface area contributed by atoms with Crippen molar-refractivity contribution in [3.05, 3.63) is 0 Å². The van der Waals surface area contributed by atoms with Crippen molar-refractivity contribution in [1.29, 1.82) is 0 Å². The molecule has 4 heteroatoms. The number of aliphatic carboxylic acids is 1. The van der Waals surface area contributed by atoms with Gasteiger partial charge in [-0.3, -0.25) is 9.59 Å². The van der Waals surface area contributed by atoms with Crippen LogP contribution in [0, 0.1) is 52.3 Å². The molecule has 0 radical (unpaired) electrons. The van der Waals surface area contributed by atoms with Crippen LogP contribution >= 0.6 is 0 Å². The van der Waals surface area contributed by atoms with Gasteiger partial charge in [-0.1, -0.05) is 27.7 Å². The molecule has 0 aromatic carbocycles. The van der Waals surface area contributed by atoms with Crippen LogP contribution in [0.4, 0.5) is 0 Å². The van der Waals surface area contributed by atoms with Gasteiger partial charge in [0.05, 0.1) is 6.10 Å². The van der Waals surface area contributed by atoms with Crippen molar-refractivity contribution in [2.45, 2.75) is 98.0 Å². The maximum absolute atomic E-state index is 13.9. The zero-order valence-corrected chi connectivity index (χ0v) is 19.4. The van der Waals surface area contributed by atoms with Crippen LogP contribution in [0.2, 0.25) is 0 Å². The van der Waals surface area contributed by atoms with Crippen LogP contribution in [0.5, 0.6) is 0 Å². The summed E-state index contributed by atoms with van der Waals surface area (Å²) < 4.78 is 0. The fourth-order valence-electron chi connectivity index (χ4n) is 9.16. The Morgan fingerprint density at radius 1 is 1.07 bits per heavy atom. The van der Waals surface area contributed by atoms with Gasteiger partial charge in [-0.2, -0.15) is 0 Å². The average molecular weight is 419 g/mol. The summed E-state index contributed by atoms with van der Waals surface area (Å²) in [5, 5.41) is 19.5. The maximum Gasteiger partial charge on any atom is 0.303 e. The number of hydrogen-bond donors (Lipinski definition) is 2. The van der Waals surface area contributed by atoms with Crippen LogP contribution in [0.3, 0.4) is 0 Å².